The van der Waals surface area contributed by atoms with Crippen molar-refractivity contribution in [1.82, 2.24) is 0 Å². The van der Waals surface area contributed by atoms with Crippen LogP contribution in [0.1, 0.15) is 63.9 Å². The molecular weight excluding hydrogens is 284 g/mol. The molecule has 1 aromatic carbocycles. The second-order valence-electron chi connectivity index (χ2n) is 5.84. The fourth-order valence-electron chi connectivity index (χ4n) is 2.56. The fraction of sp³-hybridized carbons (Fsp3) is 0.429. The number of allylic oxidation sites excluding steroid dienone is 5. The van der Waals surface area contributed by atoms with Crippen molar-refractivity contribution in [3.8, 4) is 11.5 Å². The second-order valence-corrected chi connectivity index (χ2v) is 5.84. The lowest BCUT2D eigenvalue weighted by molar-refractivity contribution is 0.448. The molecule has 23 heavy (non-hydrogen) atoms. The third-order valence-electron chi connectivity index (χ3n) is 3.92. The maximum Gasteiger partial charge on any atom is 0.127 e. The van der Waals surface area contributed by atoms with E-state index < -0.39 is 0 Å². The highest BCUT2D eigenvalue weighted by Crippen LogP contribution is 2.33. The van der Waals surface area contributed by atoms with Crippen molar-refractivity contribution < 1.29 is 10.2 Å². The summed E-state index contributed by atoms with van der Waals surface area (Å²) in [5.74, 6) is 0.133. The third-order valence-corrected chi connectivity index (χ3v) is 3.92. The number of hydrogen-bond acceptors (Lipinski definition) is 2. The highest BCUT2D eigenvalue weighted by Gasteiger charge is 2.08. The Kier molecular flexibility index (Phi) is 9.62. The van der Waals surface area contributed by atoms with Gasteiger partial charge in [0.25, 0.3) is 0 Å². The summed E-state index contributed by atoms with van der Waals surface area (Å²) in [6.45, 7) is 6.00. The first-order chi connectivity index (χ1) is 11.2. The van der Waals surface area contributed by atoms with Gasteiger partial charge in [0.15, 0.2) is 0 Å². The first kappa shape index (κ1) is 19.1. The lowest BCUT2D eigenvalue weighted by atomic mass is 10.0. The van der Waals surface area contributed by atoms with Crippen LogP contribution in [0.15, 0.2) is 49.1 Å². The van der Waals surface area contributed by atoms with E-state index in [9.17, 15) is 10.2 Å². The van der Waals surface area contributed by atoms with Gasteiger partial charge in [0.2, 0.25) is 0 Å². The molecule has 1 rings (SSSR count). The summed E-state index contributed by atoms with van der Waals surface area (Å²) in [7, 11) is 0. The maximum atomic E-state index is 9.88. The van der Waals surface area contributed by atoms with Crippen LogP contribution in [0, 0.1) is 0 Å². The molecule has 0 fully saturated rings. The molecule has 0 unspecified atom stereocenters. The average molecular weight is 314 g/mol. The van der Waals surface area contributed by atoms with E-state index in [4.69, 9.17) is 0 Å². The van der Waals surface area contributed by atoms with E-state index in [2.05, 4.69) is 19.6 Å². The molecule has 2 nitrogen and oxygen atoms in total. The Hall–Kier alpha value is -1.96. The van der Waals surface area contributed by atoms with Crippen LogP contribution in [0.3, 0.4) is 0 Å². The topological polar surface area (TPSA) is 40.5 Å². The normalized spacial score (nSPS) is 12.0. The first-order valence-electron chi connectivity index (χ1n) is 8.71. The van der Waals surface area contributed by atoms with E-state index in [1.54, 1.807) is 24.3 Å². The molecule has 0 aliphatic heterocycles. The molecule has 0 heterocycles. The molecule has 0 aromatic heterocycles. The SMILES string of the molecule is C=CC(=CC=CCCCCCCCCC)c1c(O)cccc1O. The summed E-state index contributed by atoms with van der Waals surface area (Å²) in [5, 5.41) is 19.8. The zero-order valence-corrected chi connectivity index (χ0v) is 14.3. The van der Waals surface area contributed by atoms with Gasteiger partial charge in [-0.2, -0.15) is 0 Å². The van der Waals surface area contributed by atoms with Crippen molar-refractivity contribution in [2.45, 2.75) is 58.3 Å². The molecule has 0 spiro atoms. The van der Waals surface area contributed by atoms with Gasteiger partial charge < -0.3 is 10.2 Å². The van der Waals surface area contributed by atoms with Gasteiger partial charge in [-0.05, 0) is 30.5 Å². The summed E-state index contributed by atoms with van der Waals surface area (Å²) in [4.78, 5) is 0. The Morgan fingerprint density at radius 3 is 2.22 bits per heavy atom. The van der Waals surface area contributed by atoms with Gasteiger partial charge in [-0.15, -0.1) is 0 Å². The van der Waals surface area contributed by atoms with Crippen LogP contribution in [-0.2, 0) is 0 Å². The van der Waals surface area contributed by atoms with E-state index in [1.807, 2.05) is 12.2 Å². The standard InChI is InChI=1S/C21H30O2/c1-3-5-6-7-8-9-10-11-12-13-15-18(4-2)21-19(22)16-14-17-20(21)23/h4,12-17,22-23H,2-3,5-11H2,1H3. The maximum absolute atomic E-state index is 9.88. The fourth-order valence-corrected chi connectivity index (χ4v) is 2.56. The quantitative estimate of drug-likeness (QED) is 0.368. The number of unbranched alkanes of at least 4 members (excludes halogenated alkanes) is 7. The van der Waals surface area contributed by atoms with Crippen LogP contribution in [0.4, 0.5) is 0 Å². The van der Waals surface area contributed by atoms with E-state index >= 15 is 0 Å². The molecule has 0 aliphatic carbocycles. The van der Waals surface area contributed by atoms with Crippen LogP contribution in [0.5, 0.6) is 11.5 Å². The van der Waals surface area contributed by atoms with Gasteiger partial charge in [0.05, 0.1) is 5.56 Å². The number of rotatable bonds is 11. The van der Waals surface area contributed by atoms with Crippen molar-refractivity contribution in [2.24, 2.45) is 0 Å². The molecule has 1 aromatic rings. The highest BCUT2D eigenvalue weighted by atomic mass is 16.3. The van der Waals surface area contributed by atoms with Crippen molar-refractivity contribution >= 4 is 5.57 Å². The van der Waals surface area contributed by atoms with Gasteiger partial charge in [-0.25, -0.2) is 0 Å². The van der Waals surface area contributed by atoms with Crippen molar-refractivity contribution in [3.63, 3.8) is 0 Å². The Labute approximate surface area is 140 Å². The van der Waals surface area contributed by atoms with Gasteiger partial charge in [0.1, 0.15) is 11.5 Å². The van der Waals surface area contributed by atoms with Crippen molar-refractivity contribution in [2.75, 3.05) is 0 Å². The predicted octanol–water partition coefficient (Wildman–Crippen LogP) is 6.36. The average Bonchev–Trinajstić information content (AvgIpc) is 2.54. The smallest absolute Gasteiger partial charge is 0.127 e. The van der Waals surface area contributed by atoms with Crippen LogP contribution in [0.2, 0.25) is 0 Å². The lowest BCUT2D eigenvalue weighted by Gasteiger charge is -2.07. The zero-order valence-electron chi connectivity index (χ0n) is 14.3. The molecule has 0 atom stereocenters. The molecule has 0 radical (unpaired) electrons. The Bertz CT molecular complexity index is 506. The summed E-state index contributed by atoms with van der Waals surface area (Å²) < 4.78 is 0. The van der Waals surface area contributed by atoms with E-state index in [-0.39, 0.29) is 11.5 Å². The molecule has 0 amide bonds. The summed E-state index contributed by atoms with van der Waals surface area (Å²) in [5.41, 5.74) is 1.15. The lowest BCUT2D eigenvalue weighted by Crippen LogP contribution is -1.83. The minimum atomic E-state index is 0.0663. The second kappa shape index (κ2) is 11.6. The first-order valence-corrected chi connectivity index (χ1v) is 8.71. The number of aromatic hydroxyl groups is 2. The van der Waals surface area contributed by atoms with Crippen LogP contribution >= 0.6 is 0 Å². The minimum Gasteiger partial charge on any atom is -0.507 e. The molecule has 126 valence electrons. The Balaban J connectivity index is 2.41. The van der Waals surface area contributed by atoms with Gasteiger partial charge in [-0.1, -0.05) is 82.4 Å². The minimum absolute atomic E-state index is 0.0663. The summed E-state index contributed by atoms with van der Waals surface area (Å²) in [6, 6.07) is 4.74. The third kappa shape index (κ3) is 7.23. The van der Waals surface area contributed by atoms with Crippen molar-refractivity contribution in [3.05, 3.63) is 54.6 Å². The van der Waals surface area contributed by atoms with Crippen LogP contribution in [-0.4, -0.2) is 10.2 Å². The van der Waals surface area contributed by atoms with Gasteiger partial charge in [-0.3, -0.25) is 0 Å². The van der Waals surface area contributed by atoms with E-state index in [0.717, 1.165) is 12.0 Å². The molecule has 0 saturated heterocycles. The molecule has 0 bridgehead atoms. The number of phenols is 2. The molecule has 2 N–H and O–H groups in total. The van der Waals surface area contributed by atoms with Crippen molar-refractivity contribution in [1.29, 1.82) is 0 Å². The Morgan fingerprint density at radius 2 is 1.61 bits per heavy atom. The number of benzene rings is 1. The van der Waals surface area contributed by atoms with Gasteiger partial charge >= 0.3 is 0 Å². The molecule has 0 aliphatic rings. The molecule has 2 heteroatoms. The summed E-state index contributed by atoms with van der Waals surface area (Å²) in [6.07, 6.45) is 17.9. The van der Waals surface area contributed by atoms with Crippen LogP contribution in [0.25, 0.3) is 5.57 Å². The number of phenolic OH excluding ortho intramolecular Hbond substituents is 2. The number of hydrogen-bond donors (Lipinski definition) is 2. The highest BCUT2D eigenvalue weighted by molar-refractivity contribution is 5.81. The van der Waals surface area contributed by atoms with E-state index in [0.29, 0.717) is 5.56 Å². The zero-order chi connectivity index (χ0) is 16.9. The Morgan fingerprint density at radius 1 is 1.00 bits per heavy atom. The monoisotopic (exact) mass is 314 g/mol. The van der Waals surface area contributed by atoms with E-state index in [1.165, 1.54) is 44.9 Å². The predicted molar refractivity (Wildman–Crippen MR) is 99.7 cm³/mol. The largest absolute Gasteiger partial charge is 0.507 e. The molecule has 0 saturated carbocycles. The summed E-state index contributed by atoms with van der Waals surface area (Å²) >= 11 is 0. The van der Waals surface area contributed by atoms with Gasteiger partial charge in [0, 0.05) is 0 Å². The molecular formula is C21H30O2. The van der Waals surface area contributed by atoms with Crippen LogP contribution < -0.4 is 0 Å².